The first-order valence-corrected chi connectivity index (χ1v) is 5.54. The third-order valence-electron chi connectivity index (χ3n) is 2.57. The van der Waals surface area contributed by atoms with E-state index in [0.717, 1.165) is 25.0 Å². The van der Waals surface area contributed by atoms with Gasteiger partial charge in [-0.2, -0.15) is 0 Å². The molecule has 0 bridgehead atoms. The fourth-order valence-corrected chi connectivity index (χ4v) is 1.44. The van der Waals surface area contributed by atoms with Crippen LogP contribution in [0.15, 0.2) is 6.20 Å². The standard InChI is InChI=1S/C12H17N3O2/c1-3-5-6-9-8-14-10(15-9)7-12(13,4-2)11(16)17/h2,8H,3,5-7,13H2,1H3,(H,14,15)(H,16,17). The number of nitrogens with zero attached hydrogens (tertiary/aromatic N) is 1. The normalized spacial score (nSPS) is 13.9. The monoisotopic (exact) mass is 235 g/mol. The lowest BCUT2D eigenvalue weighted by molar-refractivity contribution is -0.141. The molecule has 1 unspecified atom stereocenters. The number of nitrogens with one attached hydrogen (secondary N) is 1. The molecule has 0 aromatic carbocycles. The number of carboxylic acid groups (broad SMARTS) is 1. The highest BCUT2D eigenvalue weighted by molar-refractivity contribution is 5.83. The maximum Gasteiger partial charge on any atom is 0.336 e. The van der Waals surface area contributed by atoms with Crippen molar-refractivity contribution in [3.63, 3.8) is 0 Å². The summed E-state index contributed by atoms with van der Waals surface area (Å²) >= 11 is 0. The zero-order chi connectivity index (χ0) is 12.9. The van der Waals surface area contributed by atoms with Crippen molar-refractivity contribution in [2.24, 2.45) is 5.73 Å². The number of rotatable bonds is 6. The van der Waals surface area contributed by atoms with Gasteiger partial charge in [0.15, 0.2) is 5.54 Å². The molecule has 0 fully saturated rings. The molecule has 1 atom stereocenters. The summed E-state index contributed by atoms with van der Waals surface area (Å²) in [5.41, 5.74) is 4.87. The van der Waals surface area contributed by atoms with E-state index in [1.807, 2.05) is 0 Å². The van der Waals surface area contributed by atoms with Crippen LogP contribution in [0, 0.1) is 12.3 Å². The summed E-state index contributed by atoms with van der Waals surface area (Å²) in [5, 5.41) is 8.93. The first kappa shape index (κ1) is 13.3. The number of hydrogen-bond acceptors (Lipinski definition) is 3. The quantitative estimate of drug-likeness (QED) is 0.633. The van der Waals surface area contributed by atoms with E-state index in [4.69, 9.17) is 17.3 Å². The Balaban J connectivity index is 2.72. The second-order valence-corrected chi connectivity index (χ2v) is 4.06. The van der Waals surface area contributed by atoms with Crippen molar-refractivity contribution in [1.82, 2.24) is 9.97 Å². The summed E-state index contributed by atoms with van der Waals surface area (Å²) in [5.74, 6) is 1.39. The van der Waals surface area contributed by atoms with Crippen LogP contribution in [-0.4, -0.2) is 26.6 Å². The van der Waals surface area contributed by atoms with E-state index >= 15 is 0 Å². The molecule has 0 radical (unpaired) electrons. The Hall–Kier alpha value is -1.80. The number of hydrogen-bond donors (Lipinski definition) is 3. The molecule has 5 nitrogen and oxygen atoms in total. The van der Waals surface area contributed by atoms with E-state index < -0.39 is 11.5 Å². The summed E-state index contributed by atoms with van der Waals surface area (Å²) in [6.07, 6.45) is 9.89. The van der Waals surface area contributed by atoms with Gasteiger partial charge in [0.2, 0.25) is 0 Å². The molecule has 0 spiro atoms. The van der Waals surface area contributed by atoms with Crippen LogP contribution in [0.2, 0.25) is 0 Å². The van der Waals surface area contributed by atoms with E-state index in [1.54, 1.807) is 6.20 Å². The Kier molecular flexibility index (Phi) is 4.30. The highest BCUT2D eigenvalue weighted by atomic mass is 16.4. The van der Waals surface area contributed by atoms with Gasteiger partial charge in [0.05, 0.1) is 0 Å². The Bertz CT molecular complexity index is 433. The third kappa shape index (κ3) is 3.33. The number of aliphatic carboxylic acids is 1. The number of aromatic amines is 1. The Morgan fingerprint density at radius 2 is 2.47 bits per heavy atom. The summed E-state index contributed by atoms with van der Waals surface area (Å²) in [7, 11) is 0. The highest BCUT2D eigenvalue weighted by Crippen LogP contribution is 2.10. The van der Waals surface area contributed by atoms with Gasteiger partial charge in [-0.05, 0) is 12.8 Å². The fourth-order valence-electron chi connectivity index (χ4n) is 1.44. The van der Waals surface area contributed by atoms with Crippen molar-refractivity contribution in [1.29, 1.82) is 0 Å². The number of nitrogens with two attached hydrogens (primary N) is 1. The van der Waals surface area contributed by atoms with Gasteiger partial charge in [-0.25, -0.2) is 9.78 Å². The van der Waals surface area contributed by atoms with E-state index in [0.29, 0.717) is 5.82 Å². The summed E-state index contributed by atoms with van der Waals surface area (Å²) in [6, 6.07) is 0. The molecule has 92 valence electrons. The van der Waals surface area contributed by atoms with Crippen LogP contribution in [0.4, 0.5) is 0 Å². The van der Waals surface area contributed by atoms with Crippen LogP contribution >= 0.6 is 0 Å². The lowest BCUT2D eigenvalue weighted by Crippen LogP contribution is -2.48. The molecule has 0 aliphatic rings. The largest absolute Gasteiger partial charge is 0.479 e. The van der Waals surface area contributed by atoms with Crippen LogP contribution in [-0.2, 0) is 17.6 Å². The lowest BCUT2D eigenvalue weighted by Gasteiger charge is -2.16. The van der Waals surface area contributed by atoms with E-state index in [9.17, 15) is 4.79 Å². The van der Waals surface area contributed by atoms with Gasteiger partial charge in [-0.15, -0.1) is 6.42 Å². The molecule has 0 amide bonds. The Morgan fingerprint density at radius 1 is 1.76 bits per heavy atom. The molecule has 4 N–H and O–H groups in total. The number of terminal acetylenes is 1. The number of H-pyrrole nitrogens is 1. The average molecular weight is 235 g/mol. The van der Waals surface area contributed by atoms with Gasteiger partial charge in [0, 0.05) is 18.3 Å². The van der Waals surface area contributed by atoms with Crippen molar-refractivity contribution >= 4 is 5.97 Å². The second kappa shape index (κ2) is 5.51. The van der Waals surface area contributed by atoms with Gasteiger partial charge >= 0.3 is 5.97 Å². The van der Waals surface area contributed by atoms with Crippen molar-refractivity contribution in [2.75, 3.05) is 0 Å². The van der Waals surface area contributed by atoms with Crippen LogP contribution < -0.4 is 5.73 Å². The van der Waals surface area contributed by atoms with Crippen molar-refractivity contribution in [3.05, 3.63) is 17.7 Å². The molecule has 1 aromatic rings. The first-order chi connectivity index (χ1) is 8.01. The molecular formula is C12H17N3O2. The maximum absolute atomic E-state index is 10.9. The van der Waals surface area contributed by atoms with E-state index in [2.05, 4.69) is 22.8 Å². The minimum Gasteiger partial charge on any atom is -0.479 e. The summed E-state index contributed by atoms with van der Waals surface area (Å²) in [4.78, 5) is 18.1. The first-order valence-electron chi connectivity index (χ1n) is 5.54. The number of aryl methyl sites for hydroxylation is 1. The number of imidazole rings is 1. The van der Waals surface area contributed by atoms with Crippen LogP contribution in [0.3, 0.4) is 0 Å². The topological polar surface area (TPSA) is 92.0 Å². The summed E-state index contributed by atoms with van der Waals surface area (Å²) in [6.45, 7) is 2.10. The van der Waals surface area contributed by atoms with Gasteiger partial charge in [-0.1, -0.05) is 19.3 Å². The zero-order valence-electron chi connectivity index (χ0n) is 9.86. The molecule has 0 saturated heterocycles. The van der Waals surface area contributed by atoms with Gasteiger partial charge < -0.3 is 15.8 Å². The average Bonchev–Trinajstić information content (AvgIpc) is 2.73. The molecule has 1 rings (SSSR count). The lowest BCUT2D eigenvalue weighted by atomic mass is 9.98. The third-order valence-corrected chi connectivity index (χ3v) is 2.57. The molecule has 0 aliphatic heterocycles. The molecule has 17 heavy (non-hydrogen) atoms. The smallest absolute Gasteiger partial charge is 0.336 e. The predicted octanol–water partition coefficient (Wildman–Crippen LogP) is 0.710. The SMILES string of the molecule is C#CC(N)(Cc1ncc(CCCC)[nH]1)C(=O)O. The van der Waals surface area contributed by atoms with E-state index in [1.165, 1.54) is 0 Å². The molecule has 1 aromatic heterocycles. The molecule has 1 heterocycles. The number of carbonyl (C=O) groups is 1. The van der Waals surface area contributed by atoms with E-state index in [-0.39, 0.29) is 6.42 Å². The Morgan fingerprint density at radius 3 is 3.00 bits per heavy atom. The number of carboxylic acids is 1. The van der Waals surface area contributed by atoms with Gasteiger partial charge in [0.25, 0.3) is 0 Å². The summed E-state index contributed by atoms with van der Waals surface area (Å²) < 4.78 is 0. The van der Waals surface area contributed by atoms with Crippen LogP contribution in [0.25, 0.3) is 0 Å². The molecular weight excluding hydrogens is 218 g/mol. The van der Waals surface area contributed by atoms with Gasteiger partial charge in [-0.3, -0.25) is 0 Å². The van der Waals surface area contributed by atoms with Crippen molar-refractivity contribution in [3.8, 4) is 12.3 Å². The minimum absolute atomic E-state index is 0.00492. The minimum atomic E-state index is -1.69. The number of unbranched alkanes of at least 4 members (excludes halogenated alkanes) is 1. The van der Waals surface area contributed by atoms with Crippen molar-refractivity contribution in [2.45, 2.75) is 38.1 Å². The second-order valence-electron chi connectivity index (χ2n) is 4.06. The Labute approximate surface area is 100 Å². The highest BCUT2D eigenvalue weighted by Gasteiger charge is 2.32. The van der Waals surface area contributed by atoms with Crippen LogP contribution in [0.5, 0.6) is 0 Å². The molecule has 5 heteroatoms. The number of aromatic nitrogens is 2. The van der Waals surface area contributed by atoms with Crippen molar-refractivity contribution < 1.29 is 9.90 Å². The fraction of sp³-hybridized carbons (Fsp3) is 0.500. The predicted molar refractivity (Wildman–Crippen MR) is 64.3 cm³/mol. The van der Waals surface area contributed by atoms with Gasteiger partial charge in [0.1, 0.15) is 5.82 Å². The molecule has 0 aliphatic carbocycles. The molecule has 0 saturated carbocycles. The van der Waals surface area contributed by atoms with Crippen LogP contribution in [0.1, 0.15) is 31.3 Å². The maximum atomic E-state index is 10.9. The zero-order valence-corrected chi connectivity index (χ0v) is 9.86.